The zero-order valence-corrected chi connectivity index (χ0v) is 16.4. The van der Waals surface area contributed by atoms with E-state index in [-0.39, 0.29) is 59.1 Å². The van der Waals surface area contributed by atoms with Crippen molar-refractivity contribution >= 4 is 35.4 Å². The minimum absolute atomic E-state index is 0. The van der Waals surface area contributed by atoms with Crippen LogP contribution in [-0.4, -0.2) is 46.6 Å². The van der Waals surface area contributed by atoms with Gasteiger partial charge in [-0.2, -0.15) is 0 Å². The van der Waals surface area contributed by atoms with Gasteiger partial charge in [-0.3, -0.25) is 0 Å². The molecule has 0 bridgehead atoms. The summed E-state index contributed by atoms with van der Waals surface area (Å²) < 4.78 is 25.6. The Morgan fingerprint density at radius 2 is 1.87 bits per heavy atom. The Bertz CT molecular complexity index is 170. The molecule has 0 aromatic carbocycles. The van der Waals surface area contributed by atoms with E-state index < -0.39 is 26.5 Å². The molecule has 10 heteroatoms. The van der Waals surface area contributed by atoms with Gasteiger partial charge in [-0.05, 0) is 0 Å². The summed E-state index contributed by atoms with van der Waals surface area (Å²) in [4.78, 5) is 10.1. The molecule has 0 amide bonds. The smallest absolute Gasteiger partial charge is 1.00 e. The number of hydrogen-bond acceptors (Lipinski definition) is 5. The van der Waals surface area contributed by atoms with Gasteiger partial charge in [0, 0.05) is 0 Å². The molecule has 0 aliphatic carbocycles. The largest absolute Gasteiger partial charge is 1.00 e. The molecule has 0 aliphatic rings. The first-order valence-corrected chi connectivity index (χ1v) is 8.18. The van der Waals surface area contributed by atoms with E-state index >= 15 is 0 Å². The van der Waals surface area contributed by atoms with E-state index in [1.54, 1.807) is 0 Å². The zero-order valence-electron chi connectivity index (χ0n) is 8.97. The van der Waals surface area contributed by atoms with Crippen molar-refractivity contribution < 1.29 is 81.2 Å². The molecule has 15 heavy (non-hydrogen) atoms. The van der Waals surface area contributed by atoms with Crippen molar-refractivity contribution in [3.05, 3.63) is 0 Å². The number of carboxylic acid groups (broad SMARTS) is 1. The van der Waals surface area contributed by atoms with Crippen LogP contribution in [0.5, 0.6) is 0 Å². The van der Waals surface area contributed by atoms with Gasteiger partial charge in [0.2, 0.25) is 0 Å². The van der Waals surface area contributed by atoms with Crippen LogP contribution in [0.2, 0.25) is 11.1 Å². The van der Waals surface area contributed by atoms with E-state index in [2.05, 4.69) is 5.82 Å². The minimum Gasteiger partial charge on any atom is 1.00 e. The summed E-state index contributed by atoms with van der Waals surface area (Å²) in [6.45, 7) is 0. The molecule has 6 nitrogen and oxygen atoms in total. The topological polar surface area (TPSA) is 127 Å². The number of carboxylic acids is 1. The monoisotopic (exact) mass is 371 g/mol. The van der Waals surface area contributed by atoms with Crippen LogP contribution in [0.4, 0.5) is 0 Å². The SMILES string of the molecule is C[Se]CC[C@H](N)C(=O)O.O=[Se]([O-])[O-].[Na+].[Na+]. The van der Waals surface area contributed by atoms with Crippen molar-refractivity contribution in [3.8, 4) is 0 Å². The van der Waals surface area contributed by atoms with Crippen molar-refractivity contribution in [2.45, 2.75) is 23.6 Å². The van der Waals surface area contributed by atoms with Crippen molar-refractivity contribution in [2.24, 2.45) is 5.73 Å². The van der Waals surface area contributed by atoms with Gasteiger partial charge in [0.15, 0.2) is 0 Å². The van der Waals surface area contributed by atoms with Gasteiger partial charge in [0.25, 0.3) is 0 Å². The quantitative estimate of drug-likeness (QED) is 0.474. The summed E-state index contributed by atoms with van der Waals surface area (Å²) in [5, 5.41) is 9.25. The van der Waals surface area contributed by atoms with Crippen molar-refractivity contribution in [2.75, 3.05) is 0 Å². The molecule has 0 fully saturated rings. The second kappa shape index (κ2) is 18.6. The third kappa shape index (κ3) is 31.4. The molecule has 0 saturated heterocycles. The average molecular weight is 369 g/mol. The first-order chi connectivity index (χ1) is 5.91. The van der Waals surface area contributed by atoms with E-state index in [1.807, 2.05) is 0 Å². The third-order valence-electron chi connectivity index (χ3n) is 0.950. The number of aliphatic carboxylic acids is 1. The van der Waals surface area contributed by atoms with E-state index in [0.717, 1.165) is 5.32 Å². The number of hydrogen-bond donors (Lipinski definition) is 2. The molecule has 0 aromatic rings. The Morgan fingerprint density at radius 1 is 1.53 bits per heavy atom. The molecule has 0 spiro atoms. The number of carbonyl (C=O) groups is 1. The van der Waals surface area contributed by atoms with Gasteiger partial charge in [-0.25, -0.2) is 0 Å². The van der Waals surface area contributed by atoms with Crippen molar-refractivity contribution in [1.29, 1.82) is 0 Å². The molecule has 0 radical (unpaired) electrons. The maximum atomic E-state index is 10.1. The average Bonchev–Trinajstić information content (AvgIpc) is 1.98. The van der Waals surface area contributed by atoms with Crippen LogP contribution in [0.25, 0.3) is 0 Å². The Balaban J connectivity index is -0.0000000883. The summed E-state index contributed by atoms with van der Waals surface area (Å²) in [7, 11) is 0. The van der Waals surface area contributed by atoms with E-state index in [1.165, 1.54) is 0 Å². The molecule has 0 rings (SSSR count). The molecule has 0 aromatic heterocycles. The fraction of sp³-hybridized carbons (Fsp3) is 0.800. The van der Waals surface area contributed by atoms with Gasteiger partial charge in [0.1, 0.15) is 0 Å². The van der Waals surface area contributed by atoms with Crippen LogP contribution in [0.3, 0.4) is 0 Å². The van der Waals surface area contributed by atoms with Gasteiger partial charge in [-0.15, -0.1) is 0 Å². The van der Waals surface area contributed by atoms with E-state index in [4.69, 9.17) is 23.1 Å². The summed E-state index contributed by atoms with van der Waals surface area (Å²) in [6, 6.07) is -0.646. The predicted octanol–water partition coefficient (Wildman–Crippen LogP) is -8.91. The van der Waals surface area contributed by atoms with Gasteiger partial charge >= 0.3 is 146 Å². The number of nitrogens with two attached hydrogens (primary N) is 1. The second-order valence-electron chi connectivity index (χ2n) is 1.93. The van der Waals surface area contributed by atoms with Gasteiger partial charge in [-0.1, -0.05) is 0 Å². The standard InChI is InChI=1S/C5H11NO2Se.2Na.H2O3Se/c1-9-3-2-4(6)5(7)8;;;1-4(2)3/h4H,2-3,6H2,1H3,(H,7,8);;;(H2,1,2,3)/q;2*+1;/p-2/t4-;;;/m0.../s1. The molecule has 0 unspecified atom stereocenters. The molecular weight excluding hydrogens is 358 g/mol. The predicted molar refractivity (Wildman–Crippen MR) is 43.1 cm³/mol. The number of rotatable bonds is 4. The Labute approximate surface area is 144 Å². The third-order valence-corrected chi connectivity index (χ3v) is 2.30. The Morgan fingerprint density at radius 3 is 2.07 bits per heavy atom. The molecule has 0 aliphatic heterocycles. The van der Waals surface area contributed by atoms with E-state index in [0.29, 0.717) is 21.4 Å². The fourth-order valence-corrected chi connectivity index (χ4v) is 1.40. The first kappa shape index (κ1) is 25.9. The summed E-state index contributed by atoms with van der Waals surface area (Å²) in [5.74, 6) is 1.18. The van der Waals surface area contributed by atoms with Crippen LogP contribution in [0, 0.1) is 0 Å². The molecule has 3 N–H and O–H groups in total. The molecule has 1 atom stereocenters. The summed E-state index contributed by atoms with van der Waals surface area (Å²) in [6.07, 6.45) is 0.617. The first-order valence-electron chi connectivity index (χ1n) is 3.15. The van der Waals surface area contributed by atoms with Crippen molar-refractivity contribution in [1.82, 2.24) is 0 Å². The summed E-state index contributed by atoms with van der Waals surface area (Å²) in [5.41, 5.74) is 5.21. The molecular formula is C5H11NNa2O5Se2. The molecule has 0 saturated carbocycles. The minimum atomic E-state index is -3.79. The fourth-order valence-electron chi connectivity index (χ4n) is 0.368. The molecule has 80 valence electrons. The van der Waals surface area contributed by atoms with Gasteiger partial charge < -0.3 is 0 Å². The Kier molecular flexibility index (Phi) is 32.0. The van der Waals surface area contributed by atoms with Crippen LogP contribution in [0.1, 0.15) is 6.42 Å². The summed E-state index contributed by atoms with van der Waals surface area (Å²) >= 11 is -3.24. The van der Waals surface area contributed by atoms with Crippen LogP contribution in [0.15, 0.2) is 0 Å². The maximum Gasteiger partial charge on any atom is 1.00 e. The van der Waals surface area contributed by atoms with Crippen molar-refractivity contribution in [3.63, 3.8) is 0 Å². The Hall–Kier alpha value is 2.19. The van der Waals surface area contributed by atoms with Crippen LogP contribution < -0.4 is 73.2 Å². The maximum absolute atomic E-state index is 10.1. The van der Waals surface area contributed by atoms with Crippen LogP contribution in [-0.2, 0) is 8.63 Å². The molecule has 0 heterocycles. The van der Waals surface area contributed by atoms with E-state index in [9.17, 15) is 4.79 Å². The van der Waals surface area contributed by atoms with Gasteiger partial charge in [0.05, 0.1) is 0 Å². The normalized spacial score (nSPS) is 10.2. The zero-order chi connectivity index (χ0) is 10.9. The second-order valence-corrected chi connectivity index (χ2v) is 4.85. The van der Waals surface area contributed by atoms with Crippen LogP contribution >= 0.6 is 0 Å².